The molecule has 0 saturated carbocycles. The fourth-order valence-corrected chi connectivity index (χ4v) is 1.97. The minimum Gasteiger partial charge on any atom is -0.439 e. The molecular weight excluding hydrogens is 319 g/mol. The fraction of sp³-hybridized carbons (Fsp3) is 1.00. The summed E-state index contributed by atoms with van der Waals surface area (Å²) in [6, 6.07) is 0. The monoisotopic (exact) mass is 342 g/mol. The number of hydrogen-bond acceptors (Lipinski definition) is 3. The van der Waals surface area contributed by atoms with E-state index in [9.17, 15) is 0 Å². The fourth-order valence-electron chi connectivity index (χ4n) is 1.26. The second-order valence-corrected chi connectivity index (χ2v) is 5.30. The average Bonchev–Trinajstić information content (AvgIpc) is 2.16. The van der Waals surface area contributed by atoms with E-state index in [1.54, 1.807) is 22.5 Å². The second-order valence-electron chi connectivity index (χ2n) is 3.44. The van der Waals surface area contributed by atoms with Gasteiger partial charge in [0.1, 0.15) is 0 Å². The summed E-state index contributed by atoms with van der Waals surface area (Å²) in [5.41, 5.74) is 0. The van der Waals surface area contributed by atoms with Gasteiger partial charge in [0.25, 0.3) is 0 Å². The zero-order chi connectivity index (χ0) is 11.9. The summed E-state index contributed by atoms with van der Waals surface area (Å²) in [6.45, 7) is 2.28. The van der Waals surface area contributed by atoms with Crippen molar-refractivity contribution in [2.45, 2.75) is 62.7 Å². The van der Waals surface area contributed by atoms with E-state index in [-0.39, 0.29) is 0 Å². The maximum Gasteiger partial charge on any atom is 0.0495 e. The van der Waals surface area contributed by atoms with Gasteiger partial charge in [-0.15, -0.1) is 0 Å². The van der Waals surface area contributed by atoms with E-state index in [1.165, 1.54) is 55.8 Å². The maximum absolute atomic E-state index is 8.56. The van der Waals surface area contributed by atoms with Crippen LogP contribution in [0.5, 0.6) is 0 Å². The SMILES string of the molecule is CCCCCCCCC[CH2][Sn+].O=[S-](=O)O. The van der Waals surface area contributed by atoms with Gasteiger partial charge in [0.15, 0.2) is 0 Å². The zero-order valence-corrected chi connectivity index (χ0v) is 13.2. The molecule has 0 aliphatic rings. The molecule has 0 amide bonds. The van der Waals surface area contributed by atoms with Crippen molar-refractivity contribution in [1.29, 1.82) is 0 Å². The minimum atomic E-state index is -2.86. The molecule has 0 fully saturated rings. The Morgan fingerprint density at radius 2 is 1.27 bits per heavy atom. The first-order valence-corrected chi connectivity index (χ1v) is 8.63. The number of hydrogen-bond donors (Lipinski definition) is 1. The summed E-state index contributed by atoms with van der Waals surface area (Å²) < 4.78 is 25.5. The van der Waals surface area contributed by atoms with Crippen LogP contribution in [0.3, 0.4) is 0 Å². The molecule has 90 valence electrons. The van der Waals surface area contributed by atoms with Crippen LogP contribution < -0.4 is 0 Å². The van der Waals surface area contributed by atoms with Gasteiger partial charge in [-0.25, -0.2) is 0 Å². The first kappa shape index (κ1) is 18.1. The summed E-state index contributed by atoms with van der Waals surface area (Å²) in [4.78, 5) is 0. The van der Waals surface area contributed by atoms with Gasteiger partial charge in [-0.05, 0) is 0 Å². The smallest absolute Gasteiger partial charge is 0.0495 e. The third kappa shape index (κ3) is 31.3. The van der Waals surface area contributed by atoms with Crippen molar-refractivity contribution in [3.8, 4) is 0 Å². The van der Waals surface area contributed by atoms with Gasteiger partial charge in [-0.3, -0.25) is 0 Å². The van der Waals surface area contributed by atoms with Crippen molar-refractivity contribution in [2.75, 3.05) is 0 Å². The van der Waals surface area contributed by atoms with Crippen molar-refractivity contribution < 1.29 is 13.0 Å². The number of rotatable bonds is 8. The maximum atomic E-state index is 8.56. The molecule has 0 heterocycles. The molecule has 0 aliphatic carbocycles. The largest absolute Gasteiger partial charge is 0.439 e. The van der Waals surface area contributed by atoms with Crippen LogP contribution in [0.2, 0.25) is 4.44 Å². The first-order valence-electron chi connectivity index (χ1n) is 5.58. The number of unbranched alkanes of at least 4 members (excludes halogenated alkanes) is 7. The van der Waals surface area contributed by atoms with E-state index in [0.29, 0.717) is 0 Å². The molecule has 0 rings (SSSR count). The van der Waals surface area contributed by atoms with Gasteiger partial charge in [-0.2, -0.15) is 0 Å². The Morgan fingerprint density at radius 3 is 1.60 bits per heavy atom. The summed E-state index contributed by atoms with van der Waals surface area (Å²) in [6.07, 6.45) is 11.7. The molecule has 1 N–H and O–H groups in total. The van der Waals surface area contributed by atoms with Crippen molar-refractivity contribution in [2.24, 2.45) is 0 Å². The van der Waals surface area contributed by atoms with Gasteiger partial charge in [0.2, 0.25) is 0 Å². The van der Waals surface area contributed by atoms with Gasteiger partial charge in [0, 0.05) is 11.0 Å². The van der Waals surface area contributed by atoms with Crippen LogP contribution in [-0.4, -0.2) is 27.1 Å². The van der Waals surface area contributed by atoms with Gasteiger partial charge < -0.3 is 13.0 Å². The van der Waals surface area contributed by atoms with Gasteiger partial charge in [0.05, 0.1) is 0 Å². The molecule has 0 spiro atoms. The standard InChI is InChI=1S/C10H21.HO3S.Sn/c1-3-5-7-9-10-8-6-4-2;1-4(2)3;/h1,3-10H2,2H3;(H,1,2,3);/q;-1;+1. The van der Waals surface area contributed by atoms with Crippen LogP contribution in [0.15, 0.2) is 0 Å². The normalized spacial score (nSPS) is 9.80. The van der Waals surface area contributed by atoms with E-state index in [0.717, 1.165) is 0 Å². The van der Waals surface area contributed by atoms with Crippen LogP contribution in [0.25, 0.3) is 0 Å². The molecule has 3 nitrogen and oxygen atoms in total. The Hall–Kier alpha value is 0.709. The van der Waals surface area contributed by atoms with E-state index in [1.807, 2.05) is 0 Å². The Bertz CT molecular complexity index is 156. The third-order valence-corrected chi connectivity index (χ3v) is 3.04. The topological polar surface area (TPSA) is 54.4 Å². The molecule has 15 heavy (non-hydrogen) atoms. The summed E-state index contributed by atoms with van der Waals surface area (Å²) in [7, 11) is -2.86. The van der Waals surface area contributed by atoms with Crippen molar-refractivity contribution in [3.63, 3.8) is 0 Å². The van der Waals surface area contributed by atoms with E-state index in [2.05, 4.69) is 6.92 Å². The molecule has 0 aromatic heterocycles. The Balaban J connectivity index is 0. The Labute approximate surface area is 109 Å². The molecule has 0 aromatic carbocycles. The molecule has 0 bridgehead atoms. The van der Waals surface area contributed by atoms with Crippen LogP contribution in [0, 0.1) is 0 Å². The molecule has 0 aliphatic heterocycles. The van der Waals surface area contributed by atoms with Gasteiger partial charge in [-0.1, -0.05) is 0 Å². The zero-order valence-electron chi connectivity index (χ0n) is 9.54. The van der Waals surface area contributed by atoms with Crippen LogP contribution >= 0.6 is 0 Å². The molecule has 2 radical (unpaired) electrons. The molecule has 0 atom stereocenters. The summed E-state index contributed by atoms with van der Waals surface area (Å²) in [5, 5.41) is 0. The van der Waals surface area contributed by atoms with E-state index in [4.69, 9.17) is 13.0 Å². The predicted molar refractivity (Wildman–Crippen MR) is 64.5 cm³/mol. The van der Waals surface area contributed by atoms with Crippen molar-refractivity contribution in [3.05, 3.63) is 0 Å². The molecule has 5 heteroatoms. The molecule has 0 saturated heterocycles. The Kier molecular flexibility index (Phi) is 20.6. The quantitative estimate of drug-likeness (QED) is 0.242. The van der Waals surface area contributed by atoms with E-state index >= 15 is 0 Å². The van der Waals surface area contributed by atoms with Gasteiger partial charge >= 0.3 is 85.3 Å². The molecule has 0 unspecified atom stereocenters. The first-order chi connectivity index (χ1) is 7.15. The third-order valence-electron chi connectivity index (χ3n) is 2.03. The van der Waals surface area contributed by atoms with Crippen LogP contribution in [0.1, 0.15) is 58.3 Å². The van der Waals surface area contributed by atoms with Crippen LogP contribution in [-0.2, 0) is 19.4 Å². The molecular formula is C10H22O3SSn. The summed E-state index contributed by atoms with van der Waals surface area (Å²) >= 11 is 1.71. The summed E-state index contributed by atoms with van der Waals surface area (Å²) in [5.74, 6) is 0. The van der Waals surface area contributed by atoms with Crippen molar-refractivity contribution >= 4 is 33.5 Å². The van der Waals surface area contributed by atoms with Crippen LogP contribution in [0.4, 0.5) is 0 Å². The average molecular weight is 341 g/mol. The minimum absolute atomic E-state index is 1.37. The Morgan fingerprint density at radius 1 is 0.933 bits per heavy atom. The second kappa shape index (κ2) is 17.1. The van der Waals surface area contributed by atoms with Crippen molar-refractivity contribution in [1.82, 2.24) is 0 Å². The predicted octanol–water partition coefficient (Wildman–Crippen LogP) is 3.48. The van der Waals surface area contributed by atoms with E-state index < -0.39 is 11.0 Å². The molecule has 0 aromatic rings.